The van der Waals surface area contributed by atoms with Crippen molar-refractivity contribution in [2.45, 2.75) is 40.7 Å². The summed E-state index contributed by atoms with van der Waals surface area (Å²) in [5, 5.41) is 8.60. The highest BCUT2D eigenvalue weighted by molar-refractivity contribution is 5.80. The fraction of sp³-hybridized carbons (Fsp3) is 0.273. The van der Waals surface area contributed by atoms with Crippen LogP contribution in [0.3, 0.4) is 0 Å². The van der Waals surface area contributed by atoms with Crippen LogP contribution < -0.4 is 0 Å². The van der Waals surface area contributed by atoms with Crippen LogP contribution in [0.2, 0.25) is 0 Å². The number of nitrogens with zero attached hydrogens (tertiary/aromatic N) is 4. The van der Waals surface area contributed by atoms with E-state index in [9.17, 15) is 0 Å². The Morgan fingerprint density at radius 1 is 1.00 bits per heavy atom. The lowest BCUT2D eigenvalue weighted by atomic mass is 10.1. The van der Waals surface area contributed by atoms with E-state index in [4.69, 9.17) is 0 Å². The predicted molar refractivity (Wildman–Crippen MR) is 107 cm³/mol. The third-order valence-electron chi connectivity index (χ3n) is 4.44. The van der Waals surface area contributed by atoms with Crippen LogP contribution in [-0.2, 0) is 13.0 Å². The first kappa shape index (κ1) is 17.9. The van der Waals surface area contributed by atoms with E-state index < -0.39 is 0 Å². The molecule has 1 aliphatic rings. The Morgan fingerprint density at radius 3 is 2.62 bits per heavy atom. The molecule has 0 atom stereocenters. The van der Waals surface area contributed by atoms with Crippen LogP contribution in [0.25, 0.3) is 11.3 Å². The summed E-state index contributed by atoms with van der Waals surface area (Å²) >= 11 is 0. The number of hydrogen-bond donors (Lipinski definition) is 0. The Morgan fingerprint density at radius 2 is 1.81 bits per heavy atom. The summed E-state index contributed by atoms with van der Waals surface area (Å²) in [5.74, 6) is 0.668. The standard InChI is InChI=1S/C20H18N4.C2H6/c1-13-7-8-15(9-14(13)2)11-21-12-19-22-18-10-16-5-3-4-6-17(16)20(18)24-23-19;1-2/h3-9,11H,10,12H2,1-2H3;1-2H3. The molecule has 1 aliphatic carbocycles. The van der Waals surface area contributed by atoms with Crippen molar-refractivity contribution in [3.05, 3.63) is 76.2 Å². The fourth-order valence-corrected chi connectivity index (χ4v) is 2.96. The van der Waals surface area contributed by atoms with Gasteiger partial charge in [0.25, 0.3) is 0 Å². The molecule has 1 aromatic heterocycles. The number of fused-ring (bicyclic) bond motifs is 3. The summed E-state index contributed by atoms with van der Waals surface area (Å²) in [6, 6.07) is 14.6. The number of aliphatic imine (C=N–C) groups is 1. The first-order valence-electron chi connectivity index (χ1n) is 9.08. The highest BCUT2D eigenvalue weighted by atomic mass is 15.2. The molecule has 4 nitrogen and oxygen atoms in total. The Kier molecular flexibility index (Phi) is 5.52. The molecular formula is C22H24N4. The zero-order valence-corrected chi connectivity index (χ0v) is 15.8. The van der Waals surface area contributed by atoms with Crippen molar-refractivity contribution in [2.24, 2.45) is 4.99 Å². The third-order valence-corrected chi connectivity index (χ3v) is 4.44. The molecule has 0 amide bonds. The molecule has 3 aromatic rings. The van der Waals surface area contributed by atoms with Gasteiger partial charge in [0.05, 0.1) is 5.69 Å². The second-order valence-corrected chi connectivity index (χ2v) is 6.17. The monoisotopic (exact) mass is 344 g/mol. The minimum Gasteiger partial charge on any atom is -0.284 e. The first-order chi connectivity index (χ1) is 12.7. The van der Waals surface area contributed by atoms with Crippen LogP contribution in [-0.4, -0.2) is 21.4 Å². The highest BCUT2D eigenvalue weighted by Gasteiger charge is 2.21. The van der Waals surface area contributed by atoms with E-state index in [0.29, 0.717) is 12.4 Å². The maximum Gasteiger partial charge on any atom is 0.172 e. The molecule has 4 heteroatoms. The summed E-state index contributed by atoms with van der Waals surface area (Å²) in [6.07, 6.45) is 2.70. The minimum atomic E-state index is 0.448. The van der Waals surface area contributed by atoms with Gasteiger partial charge in [0, 0.05) is 18.2 Å². The number of benzene rings is 2. The van der Waals surface area contributed by atoms with Crippen molar-refractivity contribution in [3.8, 4) is 11.3 Å². The third kappa shape index (κ3) is 3.69. The Balaban J connectivity index is 0.000000948. The zero-order valence-electron chi connectivity index (χ0n) is 15.8. The lowest BCUT2D eigenvalue weighted by Crippen LogP contribution is -2.01. The number of rotatable bonds is 3. The molecule has 0 bridgehead atoms. The van der Waals surface area contributed by atoms with Gasteiger partial charge in [0.2, 0.25) is 0 Å². The molecule has 132 valence electrons. The lowest BCUT2D eigenvalue weighted by molar-refractivity contribution is 0.819. The average Bonchev–Trinajstić information content (AvgIpc) is 3.04. The summed E-state index contributed by atoms with van der Waals surface area (Å²) in [4.78, 5) is 9.11. The Bertz CT molecular complexity index is 945. The fourth-order valence-electron chi connectivity index (χ4n) is 2.96. The predicted octanol–water partition coefficient (Wildman–Crippen LogP) is 4.70. The summed E-state index contributed by atoms with van der Waals surface area (Å²) < 4.78 is 0. The molecule has 0 fully saturated rings. The van der Waals surface area contributed by atoms with E-state index in [1.165, 1.54) is 16.7 Å². The second kappa shape index (κ2) is 8.00. The molecule has 2 aromatic carbocycles. The Hall–Kier alpha value is -2.88. The lowest BCUT2D eigenvalue weighted by Gasteiger charge is -2.01. The summed E-state index contributed by atoms with van der Waals surface area (Å²) in [5.41, 5.74) is 7.99. The van der Waals surface area contributed by atoms with Crippen LogP contribution in [0.5, 0.6) is 0 Å². The van der Waals surface area contributed by atoms with Gasteiger partial charge < -0.3 is 0 Å². The average molecular weight is 344 g/mol. The molecule has 0 unspecified atom stereocenters. The highest BCUT2D eigenvalue weighted by Crippen LogP contribution is 2.32. The van der Waals surface area contributed by atoms with Crippen molar-refractivity contribution >= 4 is 6.21 Å². The topological polar surface area (TPSA) is 51.0 Å². The van der Waals surface area contributed by atoms with Crippen molar-refractivity contribution in [3.63, 3.8) is 0 Å². The van der Waals surface area contributed by atoms with E-state index >= 15 is 0 Å². The molecule has 0 N–H and O–H groups in total. The molecule has 4 rings (SSSR count). The van der Waals surface area contributed by atoms with E-state index in [-0.39, 0.29) is 0 Å². The molecular weight excluding hydrogens is 320 g/mol. The van der Waals surface area contributed by atoms with Gasteiger partial charge >= 0.3 is 0 Å². The van der Waals surface area contributed by atoms with Crippen LogP contribution >= 0.6 is 0 Å². The zero-order chi connectivity index (χ0) is 18.5. The van der Waals surface area contributed by atoms with E-state index in [1.54, 1.807) is 0 Å². The van der Waals surface area contributed by atoms with Crippen LogP contribution in [0.1, 0.15) is 47.6 Å². The normalized spacial score (nSPS) is 11.7. The van der Waals surface area contributed by atoms with Crippen molar-refractivity contribution in [1.82, 2.24) is 15.2 Å². The van der Waals surface area contributed by atoms with E-state index in [0.717, 1.165) is 28.9 Å². The van der Waals surface area contributed by atoms with Gasteiger partial charge in [-0.2, -0.15) is 0 Å². The summed E-state index contributed by atoms with van der Waals surface area (Å²) in [6.45, 7) is 8.67. The van der Waals surface area contributed by atoms with E-state index in [1.807, 2.05) is 32.2 Å². The van der Waals surface area contributed by atoms with Gasteiger partial charge in [0.15, 0.2) is 5.82 Å². The van der Waals surface area contributed by atoms with Gasteiger partial charge in [-0.15, -0.1) is 10.2 Å². The quantitative estimate of drug-likeness (QED) is 0.506. The van der Waals surface area contributed by atoms with Crippen LogP contribution in [0.15, 0.2) is 47.5 Å². The number of aryl methyl sites for hydroxylation is 2. The first-order valence-corrected chi connectivity index (χ1v) is 9.08. The summed E-state index contributed by atoms with van der Waals surface area (Å²) in [7, 11) is 0. The van der Waals surface area contributed by atoms with Crippen molar-refractivity contribution in [2.75, 3.05) is 0 Å². The van der Waals surface area contributed by atoms with Gasteiger partial charge in [-0.1, -0.05) is 56.3 Å². The molecule has 0 radical (unpaired) electrons. The molecule has 1 heterocycles. The van der Waals surface area contributed by atoms with Crippen molar-refractivity contribution < 1.29 is 0 Å². The smallest absolute Gasteiger partial charge is 0.172 e. The minimum absolute atomic E-state index is 0.448. The molecule has 0 saturated carbocycles. The molecule has 26 heavy (non-hydrogen) atoms. The van der Waals surface area contributed by atoms with Crippen LogP contribution in [0.4, 0.5) is 0 Å². The van der Waals surface area contributed by atoms with Gasteiger partial charge in [-0.3, -0.25) is 4.99 Å². The van der Waals surface area contributed by atoms with Gasteiger partial charge in [-0.05, 0) is 36.1 Å². The van der Waals surface area contributed by atoms with Crippen LogP contribution in [0, 0.1) is 13.8 Å². The maximum absolute atomic E-state index is 4.64. The van der Waals surface area contributed by atoms with Gasteiger partial charge in [0.1, 0.15) is 12.2 Å². The second-order valence-electron chi connectivity index (χ2n) is 6.17. The van der Waals surface area contributed by atoms with Crippen molar-refractivity contribution in [1.29, 1.82) is 0 Å². The number of aromatic nitrogens is 3. The Labute approximate surface area is 155 Å². The molecule has 0 aliphatic heterocycles. The maximum atomic E-state index is 4.64. The molecule has 0 saturated heterocycles. The number of hydrogen-bond acceptors (Lipinski definition) is 4. The largest absolute Gasteiger partial charge is 0.284 e. The van der Waals surface area contributed by atoms with Gasteiger partial charge in [-0.25, -0.2) is 4.98 Å². The van der Waals surface area contributed by atoms with E-state index in [2.05, 4.69) is 64.4 Å². The SMILES string of the molecule is CC.Cc1ccc(C=NCc2nnc3c(n2)Cc2ccccc2-3)cc1C. The molecule has 0 spiro atoms.